The highest BCUT2D eigenvalue weighted by atomic mass is 35.5. The predicted octanol–water partition coefficient (Wildman–Crippen LogP) is 2.66. The molecule has 0 spiro atoms. The lowest BCUT2D eigenvalue weighted by Crippen LogP contribution is -2.39. The van der Waals surface area contributed by atoms with E-state index in [1.165, 1.54) is 19.3 Å². The third-order valence-electron chi connectivity index (χ3n) is 5.87. The number of benzene rings is 1. The van der Waals surface area contributed by atoms with E-state index in [1.807, 2.05) is 0 Å². The van der Waals surface area contributed by atoms with Gasteiger partial charge >= 0.3 is 0 Å². The van der Waals surface area contributed by atoms with Crippen molar-refractivity contribution >= 4 is 34.0 Å². The molecule has 1 saturated heterocycles. The molecule has 0 radical (unpaired) electrons. The third-order valence-corrected chi connectivity index (χ3v) is 7.31. The van der Waals surface area contributed by atoms with Crippen molar-refractivity contribution < 1.29 is 13.2 Å². The molecule has 1 aliphatic heterocycles. The summed E-state index contributed by atoms with van der Waals surface area (Å²) in [4.78, 5) is 12.8. The van der Waals surface area contributed by atoms with Crippen molar-refractivity contribution in [2.45, 2.75) is 61.9 Å². The quantitative estimate of drug-likeness (QED) is 0.669. The van der Waals surface area contributed by atoms with Gasteiger partial charge in [0.25, 0.3) is 0 Å². The first-order chi connectivity index (χ1) is 12.5. The molecule has 1 heterocycles. The average molecular weight is 414 g/mol. The van der Waals surface area contributed by atoms with Crippen molar-refractivity contribution in [1.82, 2.24) is 10.0 Å². The predicted molar refractivity (Wildman–Crippen MR) is 108 cm³/mol. The van der Waals surface area contributed by atoms with E-state index in [0.29, 0.717) is 30.1 Å². The summed E-state index contributed by atoms with van der Waals surface area (Å²) in [5, 5.41) is 6.38. The number of amides is 1. The Labute approximate surface area is 167 Å². The number of halogens is 1. The highest BCUT2D eigenvalue weighted by Gasteiger charge is 2.38. The van der Waals surface area contributed by atoms with Gasteiger partial charge in [0, 0.05) is 18.3 Å². The summed E-state index contributed by atoms with van der Waals surface area (Å²) in [6, 6.07) is 6.74. The molecule has 3 atom stereocenters. The number of carbonyl (C=O) groups is 1. The molecule has 1 aromatic carbocycles. The van der Waals surface area contributed by atoms with Crippen molar-refractivity contribution in [1.29, 1.82) is 0 Å². The van der Waals surface area contributed by atoms with Crippen LogP contribution in [0.5, 0.6) is 0 Å². The Morgan fingerprint density at radius 1 is 1.07 bits per heavy atom. The highest BCUT2D eigenvalue weighted by molar-refractivity contribution is 7.89. The topological polar surface area (TPSA) is 87.3 Å². The molecule has 3 unspecified atom stereocenters. The van der Waals surface area contributed by atoms with Crippen LogP contribution < -0.4 is 15.4 Å². The van der Waals surface area contributed by atoms with Gasteiger partial charge in [-0.05, 0) is 68.2 Å². The number of hydrogen-bond acceptors (Lipinski definition) is 4. The summed E-state index contributed by atoms with van der Waals surface area (Å²) < 4.78 is 27.1. The van der Waals surface area contributed by atoms with Gasteiger partial charge in [0.15, 0.2) is 0 Å². The van der Waals surface area contributed by atoms with Crippen LogP contribution in [-0.2, 0) is 14.8 Å². The Hall–Kier alpha value is -1.15. The molecule has 2 aliphatic carbocycles. The first-order valence-corrected chi connectivity index (χ1v) is 11.2. The van der Waals surface area contributed by atoms with Gasteiger partial charge in [-0.3, -0.25) is 4.79 Å². The maximum atomic E-state index is 12.5. The van der Waals surface area contributed by atoms with Gasteiger partial charge in [0.1, 0.15) is 0 Å². The lowest BCUT2D eigenvalue weighted by molar-refractivity contribution is -0.117. The normalized spacial score (nSPS) is 27.5. The van der Waals surface area contributed by atoms with Crippen molar-refractivity contribution in [3.63, 3.8) is 0 Å². The molecule has 8 heteroatoms. The average Bonchev–Trinajstić information content (AvgIpc) is 3.37. The SMILES string of the molecule is Cl.O=C(Nc1ccc(S(=O)(=O)NCC2CC2)cc1)C1CC2CCCCC2N1. The van der Waals surface area contributed by atoms with E-state index in [2.05, 4.69) is 15.4 Å². The van der Waals surface area contributed by atoms with E-state index < -0.39 is 10.0 Å². The van der Waals surface area contributed by atoms with Crippen LogP contribution in [0.3, 0.4) is 0 Å². The zero-order chi connectivity index (χ0) is 18.1. The molecule has 1 aromatic rings. The van der Waals surface area contributed by atoms with E-state index in [4.69, 9.17) is 0 Å². The zero-order valence-corrected chi connectivity index (χ0v) is 16.9. The minimum absolute atomic E-state index is 0. The number of hydrogen-bond donors (Lipinski definition) is 3. The first kappa shape index (κ1) is 20.6. The number of sulfonamides is 1. The van der Waals surface area contributed by atoms with Crippen LogP contribution in [0.1, 0.15) is 44.9 Å². The summed E-state index contributed by atoms with van der Waals surface area (Å²) in [5.41, 5.74) is 0.632. The van der Waals surface area contributed by atoms with E-state index in [0.717, 1.165) is 25.7 Å². The van der Waals surface area contributed by atoms with Crippen LogP contribution in [0.4, 0.5) is 5.69 Å². The van der Waals surface area contributed by atoms with E-state index in [1.54, 1.807) is 24.3 Å². The van der Waals surface area contributed by atoms with Crippen LogP contribution in [0.25, 0.3) is 0 Å². The highest BCUT2D eigenvalue weighted by Crippen LogP contribution is 2.33. The second kappa shape index (κ2) is 8.47. The van der Waals surface area contributed by atoms with Crippen molar-refractivity contribution in [3.8, 4) is 0 Å². The largest absolute Gasteiger partial charge is 0.325 e. The maximum Gasteiger partial charge on any atom is 0.241 e. The second-order valence-electron chi connectivity index (χ2n) is 7.91. The summed E-state index contributed by atoms with van der Waals surface area (Å²) in [6.07, 6.45) is 7.98. The Balaban J connectivity index is 0.00000210. The fourth-order valence-corrected chi connectivity index (χ4v) is 5.22. The monoisotopic (exact) mass is 413 g/mol. The molecule has 2 saturated carbocycles. The van der Waals surface area contributed by atoms with Gasteiger partial charge in [-0.15, -0.1) is 12.4 Å². The molecule has 4 rings (SSSR count). The zero-order valence-electron chi connectivity index (χ0n) is 15.3. The van der Waals surface area contributed by atoms with Gasteiger partial charge < -0.3 is 10.6 Å². The summed E-state index contributed by atoms with van der Waals surface area (Å²) >= 11 is 0. The van der Waals surface area contributed by atoms with Crippen LogP contribution in [0, 0.1) is 11.8 Å². The molecule has 1 amide bonds. The molecule has 150 valence electrons. The van der Waals surface area contributed by atoms with Crippen molar-refractivity contribution in [3.05, 3.63) is 24.3 Å². The summed E-state index contributed by atoms with van der Waals surface area (Å²) in [5.74, 6) is 1.08. The van der Waals surface area contributed by atoms with Crippen LogP contribution >= 0.6 is 12.4 Å². The van der Waals surface area contributed by atoms with Gasteiger partial charge in [-0.2, -0.15) is 0 Å². The summed E-state index contributed by atoms with van der Waals surface area (Å²) in [6.45, 7) is 0.510. The smallest absolute Gasteiger partial charge is 0.241 e. The Morgan fingerprint density at radius 2 is 1.78 bits per heavy atom. The molecule has 0 bridgehead atoms. The number of fused-ring (bicyclic) bond motifs is 1. The van der Waals surface area contributed by atoms with Crippen LogP contribution in [-0.4, -0.2) is 33.0 Å². The van der Waals surface area contributed by atoms with Gasteiger partial charge in [0.05, 0.1) is 10.9 Å². The van der Waals surface area contributed by atoms with Crippen LogP contribution in [0.15, 0.2) is 29.2 Å². The molecule has 3 fully saturated rings. The van der Waals surface area contributed by atoms with E-state index >= 15 is 0 Å². The molecule has 27 heavy (non-hydrogen) atoms. The molecular weight excluding hydrogens is 386 g/mol. The minimum Gasteiger partial charge on any atom is -0.325 e. The second-order valence-corrected chi connectivity index (χ2v) is 9.68. The number of nitrogens with one attached hydrogen (secondary N) is 3. The molecule has 6 nitrogen and oxygen atoms in total. The number of rotatable bonds is 6. The summed E-state index contributed by atoms with van der Waals surface area (Å²) in [7, 11) is -3.47. The minimum atomic E-state index is -3.47. The van der Waals surface area contributed by atoms with Crippen molar-refractivity contribution in [2.75, 3.05) is 11.9 Å². The van der Waals surface area contributed by atoms with Crippen molar-refractivity contribution in [2.24, 2.45) is 11.8 Å². The molecular formula is C19H28ClN3O3S. The standard InChI is InChI=1S/C19H27N3O3S.ClH/c23-19(18-11-14-3-1-2-4-17(14)22-18)21-15-7-9-16(10-8-15)26(24,25)20-12-13-5-6-13;/h7-10,13-14,17-18,20,22H,1-6,11-12H2,(H,21,23);1H. The molecule has 3 aliphatic rings. The first-order valence-electron chi connectivity index (χ1n) is 9.68. The Morgan fingerprint density at radius 3 is 2.44 bits per heavy atom. The molecule has 3 N–H and O–H groups in total. The number of anilines is 1. The van der Waals surface area contributed by atoms with E-state index in [9.17, 15) is 13.2 Å². The molecule has 0 aromatic heterocycles. The fourth-order valence-electron chi connectivity index (χ4n) is 4.10. The maximum absolute atomic E-state index is 12.5. The van der Waals surface area contributed by atoms with Gasteiger partial charge in [-0.25, -0.2) is 13.1 Å². The fraction of sp³-hybridized carbons (Fsp3) is 0.632. The van der Waals surface area contributed by atoms with Gasteiger partial charge in [-0.1, -0.05) is 12.8 Å². The van der Waals surface area contributed by atoms with E-state index in [-0.39, 0.29) is 29.3 Å². The third kappa shape index (κ3) is 5.02. The Kier molecular flexibility index (Phi) is 6.46. The Bertz CT molecular complexity index is 751. The lowest BCUT2D eigenvalue weighted by atomic mass is 9.85. The van der Waals surface area contributed by atoms with Crippen LogP contribution in [0.2, 0.25) is 0 Å². The number of carbonyl (C=O) groups excluding carboxylic acids is 1. The lowest BCUT2D eigenvalue weighted by Gasteiger charge is -2.24. The van der Waals surface area contributed by atoms with Gasteiger partial charge in [0.2, 0.25) is 15.9 Å².